The van der Waals surface area contributed by atoms with E-state index < -0.39 is 0 Å². The Balaban J connectivity index is 0.00000342. The number of thiophene rings is 1. The van der Waals surface area contributed by atoms with Crippen LogP contribution in [0.2, 0.25) is 5.02 Å². The molecule has 0 unspecified atom stereocenters. The number of methoxy groups -OCH3 is 1. The van der Waals surface area contributed by atoms with E-state index in [1.165, 1.54) is 24.0 Å². The monoisotopic (exact) mass is 550 g/mol. The number of halogens is 2. The number of thioether (sulfide) groups is 1. The average molecular weight is 552 g/mol. The SMILES string of the molecule is COC(=O)c1c(NC(=O)CCCSc2ccc(Cl)cc2)sc2c1CCN(Cc1ccccc1)C2.Cl. The zero-order chi connectivity index (χ0) is 23.9. The molecule has 1 aromatic heterocycles. The molecule has 0 bridgehead atoms. The molecule has 3 aromatic rings. The summed E-state index contributed by atoms with van der Waals surface area (Å²) >= 11 is 9.11. The van der Waals surface area contributed by atoms with Gasteiger partial charge in [0, 0.05) is 40.9 Å². The van der Waals surface area contributed by atoms with Crippen molar-refractivity contribution in [1.29, 1.82) is 0 Å². The third-order valence-electron chi connectivity index (χ3n) is 5.66. The molecule has 0 spiro atoms. The minimum Gasteiger partial charge on any atom is -0.465 e. The van der Waals surface area contributed by atoms with Crippen LogP contribution in [0.15, 0.2) is 59.5 Å². The van der Waals surface area contributed by atoms with Crippen molar-refractivity contribution in [2.45, 2.75) is 37.2 Å². The van der Waals surface area contributed by atoms with Gasteiger partial charge in [-0.3, -0.25) is 9.69 Å². The van der Waals surface area contributed by atoms with Crippen LogP contribution in [0.5, 0.6) is 0 Å². The van der Waals surface area contributed by atoms with Gasteiger partial charge in [0.15, 0.2) is 0 Å². The minimum absolute atomic E-state index is 0. The second kappa shape index (κ2) is 13.3. The van der Waals surface area contributed by atoms with Crippen molar-refractivity contribution in [2.75, 3.05) is 24.7 Å². The van der Waals surface area contributed by atoms with E-state index in [2.05, 4.69) is 22.3 Å². The molecule has 2 heterocycles. The van der Waals surface area contributed by atoms with Crippen LogP contribution in [-0.2, 0) is 29.0 Å². The number of esters is 1. The van der Waals surface area contributed by atoms with Gasteiger partial charge in [-0.05, 0) is 54.0 Å². The van der Waals surface area contributed by atoms with E-state index in [-0.39, 0.29) is 24.3 Å². The van der Waals surface area contributed by atoms with E-state index in [0.29, 0.717) is 22.0 Å². The highest BCUT2D eigenvalue weighted by atomic mass is 35.5. The Morgan fingerprint density at radius 1 is 1.14 bits per heavy atom. The maximum Gasteiger partial charge on any atom is 0.341 e. The molecular weight excluding hydrogens is 523 g/mol. The molecule has 0 atom stereocenters. The van der Waals surface area contributed by atoms with E-state index in [4.69, 9.17) is 16.3 Å². The number of nitrogens with zero attached hydrogens (tertiary/aromatic N) is 1. The number of amides is 1. The molecule has 1 amide bonds. The van der Waals surface area contributed by atoms with E-state index in [9.17, 15) is 9.59 Å². The molecule has 1 aliphatic rings. The molecule has 5 nitrogen and oxygen atoms in total. The Bertz CT molecular complexity index is 1140. The van der Waals surface area contributed by atoms with Gasteiger partial charge in [0.1, 0.15) is 5.00 Å². The lowest BCUT2D eigenvalue weighted by molar-refractivity contribution is -0.116. The number of ether oxygens (including phenoxy) is 1. The first-order chi connectivity index (χ1) is 16.5. The summed E-state index contributed by atoms with van der Waals surface area (Å²) in [6, 6.07) is 18.1. The van der Waals surface area contributed by atoms with Gasteiger partial charge in [-0.25, -0.2) is 4.79 Å². The van der Waals surface area contributed by atoms with Gasteiger partial charge < -0.3 is 10.1 Å². The first-order valence-electron chi connectivity index (χ1n) is 11.2. The first kappa shape index (κ1) is 27.6. The number of hydrogen-bond acceptors (Lipinski definition) is 6. The van der Waals surface area contributed by atoms with Crippen molar-refractivity contribution in [3.8, 4) is 0 Å². The van der Waals surface area contributed by atoms with Crippen LogP contribution in [0, 0.1) is 0 Å². The van der Waals surface area contributed by atoms with E-state index in [0.717, 1.165) is 53.6 Å². The van der Waals surface area contributed by atoms with E-state index in [1.807, 2.05) is 42.5 Å². The van der Waals surface area contributed by atoms with Crippen LogP contribution in [0.3, 0.4) is 0 Å². The molecule has 0 aliphatic carbocycles. The lowest BCUT2D eigenvalue weighted by Crippen LogP contribution is -2.29. The molecule has 0 saturated carbocycles. The lowest BCUT2D eigenvalue weighted by Gasteiger charge is -2.27. The molecule has 9 heteroatoms. The highest BCUT2D eigenvalue weighted by Gasteiger charge is 2.29. The summed E-state index contributed by atoms with van der Waals surface area (Å²) in [6.07, 6.45) is 1.89. The van der Waals surface area contributed by atoms with Crippen molar-refractivity contribution in [2.24, 2.45) is 0 Å². The average Bonchev–Trinajstić information content (AvgIpc) is 3.20. The summed E-state index contributed by atoms with van der Waals surface area (Å²) in [5.74, 6) is 0.359. The molecule has 0 saturated heterocycles. The van der Waals surface area contributed by atoms with Gasteiger partial charge in [0.05, 0.1) is 12.7 Å². The fourth-order valence-corrected chi connectivity index (χ4v) is 6.25. The fourth-order valence-electron chi connectivity index (χ4n) is 3.98. The van der Waals surface area contributed by atoms with Gasteiger partial charge in [-0.2, -0.15) is 0 Å². The number of nitrogens with one attached hydrogen (secondary N) is 1. The predicted octanol–water partition coefficient (Wildman–Crippen LogP) is 6.68. The topological polar surface area (TPSA) is 58.6 Å². The van der Waals surface area contributed by atoms with Gasteiger partial charge in [-0.15, -0.1) is 35.5 Å². The highest BCUT2D eigenvalue weighted by molar-refractivity contribution is 7.99. The van der Waals surface area contributed by atoms with Crippen LogP contribution in [0.1, 0.15) is 39.2 Å². The predicted molar refractivity (Wildman–Crippen MR) is 147 cm³/mol. The molecule has 1 aliphatic heterocycles. The Labute approximate surface area is 225 Å². The lowest BCUT2D eigenvalue weighted by atomic mass is 10.0. The molecule has 0 fully saturated rings. The van der Waals surface area contributed by atoms with Crippen molar-refractivity contribution >= 4 is 64.0 Å². The van der Waals surface area contributed by atoms with Crippen molar-refractivity contribution < 1.29 is 14.3 Å². The van der Waals surface area contributed by atoms with Crippen LogP contribution in [-0.4, -0.2) is 36.2 Å². The summed E-state index contributed by atoms with van der Waals surface area (Å²) in [4.78, 5) is 29.8. The number of fused-ring (bicyclic) bond motifs is 1. The van der Waals surface area contributed by atoms with Crippen LogP contribution >= 0.6 is 47.1 Å². The molecular formula is C26H28Cl2N2O3S2. The Morgan fingerprint density at radius 2 is 1.89 bits per heavy atom. The number of rotatable bonds is 9. The second-order valence-corrected chi connectivity index (χ2v) is 10.8. The number of carbonyl (C=O) groups excluding carboxylic acids is 2. The molecule has 4 rings (SSSR count). The first-order valence-corrected chi connectivity index (χ1v) is 13.4. The highest BCUT2D eigenvalue weighted by Crippen LogP contribution is 2.38. The van der Waals surface area contributed by atoms with Crippen molar-refractivity contribution in [3.05, 3.63) is 81.2 Å². The summed E-state index contributed by atoms with van der Waals surface area (Å²) in [6.45, 7) is 2.48. The Morgan fingerprint density at radius 3 is 2.60 bits per heavy atom. The fraction of sp³-hybridized carbons (Fsp3) is 0.308. The molecule has 186 valence electrons. The third kappa shape index (κ3) is 7.48. The zero-order valence-electron chi connectivity index (χ0n) is 19.4. The summed E-state index contributed by atoms with van der Waals surface area (Å²) in [7, 11) is 1.39. The smallest absolute Gasteiger partial charge is 0.341 e. The Kier molecular flexibility index (Phi) is 10.5. The quantitative estimate of drug-likeness (QED) is 0.183. The third-order valence-corrected chi connectivity index (χ3v) is 8.14. The van der Waals surface area contributed by atoms with Crippen LogP contribution < -0.4 is 5.32 Å². The van der Waals surface area contributed by atoms with Crippen molar-refractivity contribution in [3.63, 3.8) is 0 Å². The normalized spacial score (nSPS) is 13.0. The van der Waals surface area contributed by atoms with Crippen molar-refractivity contribution in [1.82, 2.24) is 4.90 Å². The summed E-state index contributed by atoms with van der Waals surface area (Å²) in [5.41, 5.74) is 2.79. The van der Waals surface area contributed by atoms with E-state index >= 15 is 0 Å². The van der Waals surface area contributed by atoms with Gasteiger partial charge in [-0.1, -0.05) is 41.9 Å². The van der Waals surface area contributed by atoms with Crippen LogP contribution in [0.4, 0.5) is 5.00 Å². The zero-order valence-corrected chi connectivity index (χ0v) is 22.6. The molecule has 35 heavy (non-hydrogen) atoms. The number of carbonyl (C=O) groups is 2. The number of hydrogen-bond donors (Lipinski definition) is 1. The Hall–Kier alpha value is -2.03. The maximum absolute atomic E-state index is 12.7. The second-order valence-electron chi connectivity index (χ2n) is 8.10. The summed E-state index contributed by atoms with van der Waals surface area (Å²) in [5, 5.41) is 4.31. The van der Waals surface area contributed by atoms with Crippen LogP contribution in [0.25, 0.3) is 0 Å². The summed E-state index contributed by atoms with van der Waals surface area (Å²) < 4.78 is 5.05. The standard InChI is InChI=1S/C26H27ClN2O3S2.ClH/c1-32-26(31)24-21-13-14-29(16-18-6-3-2-4-7-18)17-22(21)34-25(24)28-23(30)8-5-15-33-20-11-9-19(27)10-12-20;/h2-4,6-7,9-12H,5,8,13-17H2,1H3,(H,28,30);1H. The van der Waals surface area contributed by atoms with Gasteiger partial charge in [0.25, 0.3) is 0 Å². The molecule has 0 radical (unpaired) electrons. The van der Waals surface area contributed by atoms with Gasteiger partial charge in [0.2, 0.25) is 5.91 Å². The minimum atomic E-state index is -0.386. The number of benzene rings is 2. The molecule has 1 N–H and O–H groups in total. The maximum atomic E-state index is 12.7. The van der Waals surface area contributed by atoms with Gasteiger partial charge >= 0.3 is 5.97 Å². The van der Waals surface area contributed by atoms with E-state index in [1.54, 1.807) is 11.8 Å². The largest absolute Gasteiger partial charge is 0.465 e. The molecule has 2 aromatic carbocycles. The number of anilines is 1.